The first-order chi connectivity index (χ1) is 8.27. The van der Waals surface area contributed by atoms with Crippen LogP contribution in [-0.4, -0.2) is 27.9 Å². The van der Waals surface area contributed by atoms with Crippen LogP contribution in [0.1, 0.15) is 0 Å². The van der Waals surface area contributed by atoms with E-state index in [9.17, 15) is 9.13 Å². The molecule has 0 aromatic rings. The van der Waals surface area contributed by atoms with E-state index >= 15 is 0 Å². The van der Waals surface area contributed by atoms with Crippen LogP contribution in [0.15, 0.2) is 25.4 Å². The lowest BCUT2D eigenvalue weighted by Crippen LogP contribution is -2.01. The van der Waals surface area contributed by atoms with Crippen LogP contribution >= 0.6 is 15.6 Å². The third-order valence-electron chi connectivity index (χ3n) is 1.01. The summed E-state index contributed by atoms with van der Waals surface area (Å²) in [5.74, 6) is 0. The lowest BCUT2D eigenvalue weighted by atomic mass is 10.8. The van der Waals surface area contributed by atoms with Gasteiger partial charge in [0, 0.05) is 0 Å². The van der Waals surface area contributed by atoms with E-state index in [4.69, 9.17) is 14.7 Å². The highest BCUT2D eigenvalue weighted by atomic mass is 31.2. The van der Waals surface area contributed by atoms with E-state index in [-0.39, 0.29) is 6.61 Å². The fourth-order valence-electron chi connectivity index (χ4n) is 0.521. The Kier molecular flexibility index (Phi) is 7.88. The van der Waals surface area contributed by atoms with E-state index in [0.717, 1.165) is 12.5 Å². The summed E-state index contributed by atoms with van der Waals surface area (Å²) in [4.78, 5) is 34.0. The Morgan fingerprint density at radius 1 is 1.06 bits per heavy atom. The van der Waals surface area contributed by atoms with E-state index in [1.54, 1.807) is 0 Å². The van der Waals surface area contributed by atoms with Crippen LogP contribution in [0.4, 0.5) is 0 Å². The van der Waals surface area contributed by atoms with Crippen molar-refractivity contribution in [1.29, 1.82) is 0 Å². The molecule has 10 nitrogen and oxygen atoms in total. The first-order valence-corrected chi connectivity index (χ1v) is 7.23. The second-order valence-electron chi connectivity index (χ2n) is 2.36. The summed E-state index contributed by atoms with van der Waals surface area (Å²) in [5, 5.41) is 0. The van der Waals surface area contributed by atoms with Gasteiger partial charge in [0.05, 0.1) is 12.9 Å². The third-order valence-corrected chi connectivity index (χ3v) is 2.33. The Morgan fingerprint density at radius 3 is 2.28 bits per heavy atom. The number of phosphoric acid groups is 2. The predicted molar refractivity (Wildman–Crippen MR) is 56.4 cm³/mol. The molecule has 12 heteroatoms. The molecule has 1 atom stereocenters. The molecular weight excluding hydrogens is 294 g/mol. The maximum absolute atomic E-state index is 10.8. The van der Waals surface area contributed by atoms with E-state index in [2.05, 4.69) is 29.9 Å². The van der Waals surface area contributed by atoms with Crippen LogP contribution in [0, 0.1) is 0 Å². The van der Waals surface area contributed by atoms with Gasteiger partial charge in [-0.15, -0.1) is 0 Å². The van der Waals surface area contributed by atoms with Gasteiger partial charge in [0.15, 0.2) is 6.26 Å². The second kappa shape index (κ2) is 8.28. The molecule has 18 heavy (non-hydrogen) atoms. The molecule has 0 rings (SSSR count). The molecule has 0 spiro atoms. The zero-order valence-electron chi connectivity index (χ0n) is 8.95. The maximum Gasteiger partial charge on any atom is 0.583 e. The van der Waals surface area contributed by atoms with Crippen molar-refractivity contribution in [1.82, 2.24) is 0 Å². The molecule has 0 aromatic carbocycles. The van der Waals surface area contributed by atoms with Crippen molar-refractivity contribution < 1.29 is 47.2 Å². The van der Waals surface area contributed by atoms with Crippen LogP contribution in [0.5, 0.6) is 0 Å². The molecule has 3 N–H and O–H groups in total. The van der Waals surface area contributed by atoms with Crippen molar-refractivity contribution in [2.45, 2.75) is 0 Å². The highest BCUT2D eigenvalue weighted by Gasteiger charge is 2.19. The minimum Gasteiger partial charge on any atom is -0.404 e. The maximum atomic E-state index is 10.8. The minimum absolute atomic E-state index is 0.282. The van der Waals surface area contributed by atoms with Crippen LogP contribution in [0.3, 0.4) is 0 Å². The van der Waals surface area contributed by atoms with Crippen molar-refractivity contribution >= 4 is 15.6 Å². The van der Waals surface area contributed by atoms with Gasteiger partial charge in [-0.25, -0.2) is 9.13 Å². The second-order valence-corrected chi connectivity index (χ2v) is 4.96. The van der Waals surface area contributed by atoms with E-state index < -0.39 is 22.3 Å². The normalized spacial score (nSPS) is 15.1. The van der Waals surface area contributed by atoms with Gasteiger partial charge >= 0.3 is 15.6 Å². The van der Waals surface area contributed by atoms with Gasteiger partial charge in [-0.3, -0.25) is 9.42 Å². The van der Waals surface area contributed by atoms with Crippen LogP contribution in [-0.2, 0) is 32.5 Å². The summed E-state index contributed by atoms with van der Waals surface area (Å²) in [5.41, 5.74) is 0. The third kappa shape index (κ3) is 11.6. The largest absolute Gasteiger partial charge is 0.583 e. The molecule has 0 aliphatic rings. The molecule has 0 radical (unpaired) electrons. The van der Waals surface area contributed by atoms with Crippen molar-refractivity contribution in [3.05, 3.63) is 25.4 Å². The van der Waals surface area contributed by atoms with Gasteiger partial charge in [0.25, 0.3) is 0 Å². The van der Waals surface area contributed by atoms with Gasteiger partial charge in [-0.2, -0.15) is 4.89 Å². The monoisotopic (exact) mass is 306 g/mol. The molecule has 106 valence electrons. The summed E-state index contributed by atoms with van der Waals surface area (Å²) in [6.45, 7) is 2.36. The molecule has 0 heterocycles. The smallest absolute Gasteiger partial charge is 0.404 e. The molecule has 0 aliphatic carbocycles. The number of phosphoric ester groups is 2. The molecule has 0 amide bonds. The quantitative estimate of drug-likeness (QED) is 0.174. The highest BCUT2D eigenvalue weighted by Crippen LogP contribution is 2.43. The summed E-state index contributed by atoms with van der Waals surface area (Å²) < 4.78 is 33.4. The average Bonchev–Trinajstić information content (AvgIpc) is 2.20. The molecule has 0 saturated carbocycles. The van der Waals surface area contributed by atoms with Crippen LogP contribution in [0.25, 0.3) is 0 Å². The van der Waals surface area contributed by atoms with E-state index in [0.29, 0.717) is 6.26 Å². The van der Waals surface area contributed by atoms with Gasteiger partial charge in [-0.1, -0.05) is 6.58 Å². The van der Waals surface area contributed by atoms with Crippen LogP contribution in [0.2, 0.25) is 0 Å². The van der Waals surface area contributed by atoms with Crippen molar-refractivity contribution in [3.63, 3.8) is 0 Å². The van der Waals surface area contributed by atoms with Crippen molar-refractivity contribution in [2.75, 3.05) is 13.2 Å². The Hall–Kier alpha value is -0.860. The van der Waals surface area contributed by atoms with Crippen LogP contribution < -0.4 is 0 Å². The fourth-order valence-corrected chi connectivity index (χ4v) is 1.28. The molecule has 1 unspecified atom stereocenters. The number of hydrogen-bond donors (Lipinski definition) is 3. The standard InChI is InChI=1S/C6H12O10P2/c1-2-14-18(10,11)16-6-4-13-12-3-5-15-17(7,8)9/h2,4,6H,1,3,5H2,(H,10,11)(H2,7,8,9)/b6-4-. The average molecular weight is 306 g/mol. The summed E-state index contributed by atoms with van der Waals surface area (Å²) in [7, 11) is -8.78. The van der Waals surface area contributed by atoms with Gasteiger partial charge in [0.2, 0.25) is 0 Å². The van der Waals surface area contributed by atoms with Crippen molar-refractivity contribution in [3.8, 4) is 0 Å². The number of rotatable bonds is 10. The topological polar surface area (TPSA) is 141 Å². The molecule has 0 aromatic heterocycles. The SMILES string of the molecule is C=COP(=O)(O)O/C=C\OOCCOP(=O)(O)O. The first kappa shape index (κ1) is 17.1. The number of hydrogen-bond acceptors (Lipinski definition) is 7. The molecule has 0 aliphatic heterocycles. The minimum atomic E-state index is -4.53. The van der Waals surface area contributed by atoms with E-state index in [1.165, 1.54) is 0 Å². The summed E-state index contributed by atoms with van der Waals surface area (Å²) >= 11 is 0. The van der Waals surface area contributed by atoms with Gasteiger partial charge in [-0.05, 0) is 0 Å². The lowest BCUT2D eigenvalue weighted by molar-refractivity contribution is -0.253. The summed E-state index contributed by atoms with van der Waals surface area (Å²) in [6, 6.07) is 0. The first-order valence-electron chi connectivity index (χ1n) is 4.21. The predicted octanol–water partition coefficient (Wildman–Crippen LogP) is 0.792. The Bertz CT molecular complexity index is 359. The zero-order chi connectivity index (χ0) is 14.1. The Labute approximate surface area is 102 Å². The van der Waals surface area contributed by atoms with Crippen molar-refractivity contribution in [2.24, 2.45) is 0 Å². The lowest BCUT2D eigenvalue weighted by Gasteiger charge is -2.06. The Morgan fingerprint density at radius 2 is 1.72 bits per heavy atom. The molecular formula is C6H12O10P2. The zero-order valence-corrected chi connectivity index (χ0v) is 10.7. The highest BCUT2D eigenvalue weighted by molar-refractivity contribution is 7.47. The van der Waals surface area contributed by atoms with E-state index in [1.807, 2.05) is 0 Å². The fraction of sp³-hybridized carbons (Fsp3) is 0.333. The molecule has 0 saturated heterocycles. The van der Waals surface area contributed by atoms with Gasteiger partial charge in [0.1, 0.15) is 12.9 Å². The van der Waals surface area contributed by atoms with Gasteiger partial charge < -0.3 is 23.7 Å². The molecule has 0 fully saturated rings. The summed E-state index contributed by atoms with van der Waals surface area (Å²) in [6.07, 6.45) is 2.16. The Balaban J connectivity index is 3.58. The molecule has 0 bridgehead atoms.